The predicted molar refractivity (Wildman–Crippen MR) is 45.4 cm³/mol. The average Bonchev–Trinajstić information content (AvgIpc) is 2.99. The van der Waals surface area contributed by atoms with E-state index in [0.29, 0.717) is 6.61 Å². The molecule has 1 heterocycles. The Hall–Kier alpha value is -0.240. The van der Waals surface area contributed by atoms with Gasteiger partial charge in [0.2, 0.25) is 0 Å². The fraction of sp³-hybridized carbons (Fsp3) is 1.00. The Morgan fingerprint density at radius 3 is 2.14 bits per heavy atom. The molecule has 1 aliphatic heterocycles. The molecule has 0 aromatic heterocycles. The van der Waals surface area contributed by atoms with Crippen molar-refractivity contribution < 1.29 is 28.4 Å². The first-order valence-corrected chi connectivity index (χ1v) is 4.35. The van der Waals surface area contributed by atoms with Gasteiger partial charge in [-0.3, -0.25) is 0 Å². The smallest absolute Gasteiger partial charge is 0.152 e. The van der Waals surface area contributed by atoms with E-state index in [4.69, 9.17) is 23.7 Å². The molecule has 0 radical (unpaired) electrons. The van der Waals surface area contributed by atoms with Crippen LogP contribution in [0, 0.1) is 0 Å². The van der Waals surface area contributed by atoms with Crippen LogP contribution in [0.3, 0.4) is 0 Å². The van der Waals surface area contributed by atoms with Crippen molar-refractivity contribution in [2.45, 2.75) is 6.10 Å². The minimum absolute atomic E-state index is 0.148. The van der Waals surface area contributed by atoms with Gasteiger partial charge in [-0.05, 0) is 0 Å². The summed E-state index contributed by atoms with van der Waals surface area (Å²) in [6, 6.07) is 0. The second-order valence-corrected chi connectivity index (χ2v) is 2.70. The largest absolute Gasteiger partial charge is 0.371 e. The number of ether oxygens (including phenoxy) is 6. The molecule has 1 aliphatic rings. The molecule has 0 spiro atoms. The first-order valence-electron chi connectivity index (χ1n) is 4.35. The van der Waals surface area contributed by atoms with Crippen molar-refractivity contribution in [1.29, 1.82) is 0 Å². The lowest BCUT2D eigenvalue weighted by atomic mass is 10.5. The van der Waals surface area contributed by atoms with Gasteiger partial charge in [0.15, 0.2) is 13.6 Å². The summed E-state index contributed by atoms with van der Waals surface area (Å²) < 4.78 is 29.4. The zero-order chi connectivity index (χ0) is 10.1. The van der Waals surface area contributed by atoms with Crippen LogP contribution in [0.1, 0.15) is 0 Å². The van der Waals surface area contributed by atoms with Gasteiger partial charge < -0.3 is 28.4 Å². The predicted octanol–water partition coefficient (Wildman–Crippen LogP) is -0.0720. The van der Waals surface area contributed by atoms with Crippen molar-refractivity contribution in [3.63, 3.8) is 0 Å². The third-order valence-electron chi connectivity index (χ3n) is 1.41. The normalized spacial score (nSPS) is 19.9. The zero-order valence-corrected chi connectivity index (χ0v) is 8.27. The Balaban J connectivity index is 1.63. The minimum Gasteiger partial charge on any atom is -0.371 e. The van der Waals surface area contributed by atoms with Crippen molar-refractivity contribution in [3.05, 3.63) is 0 Å². The molecule has 0 bridgehead atoms. The number of epoxide rings is 1. The Kier molecular flexibility index (Phi) is 6.85. The van der Waals surface area contributed by atoms with E-state index in [-0.39, 0.29) is 33.3 Å². The third kappa shape index (κ3) is 7.19. The fourth-order valence-corrected chi connectivity index (χ4v) is 0.706. The molecule has 0 aliphatic carbocycles. The Labute approximate surface area is 83.0 Å². The lowest BCUT2D eigenvalue weighted by Crippen LogP contribution is -2.10. The van der Waals surface area contributed by atoms with Gasteiger partial charge in [-0.15, -0.1) is 0 Å². The van der Waals surface area contributed by atoms with Crippen LogP contribution in [0.15, 0.2) is 0 Å². The summed E-state index contributed by atoms with van der Waals surface area (Å²) in [7, 11) is 1.55. The standard InChI is InChI=1S/C8H16O6/c1-9-4-11-6-13-7-12-5-10-2-8-3-14-8/h8H,2-7H2,1H3. The molecular weight excluding hydrogens is 192 g/mol. The van der Waals surface area contributed by atoms with Gasteiger partial charge in [0.25, 0.3) is 0 Å². The van der Waals surface area contributed by atoms with Crippen LogP contribution in [-0.2, 0) is 28.4 Å². The van der Waals surface area contributed by atoms with E-state index in [1.807, 2.05) is 0 Å². The Bertz CT molecular complexity index is 127. The lowest BCUT2D eigenvalue weighted by molar-refractivity contribution is -0.188. The maximum Gasteiger partial charge on any atom is 0.152 e. The first kappa shape index (κ1) is 11.8. The molecule has 1 saturated heterocycles. The van der Waals surface area contributed by atoms with Crippen LogP contribution < -0.4 is 0 Å². The van der Waals surface area contributed by atoms with Crippen LogP contribution >= 0.6 is 0 Å². The van der Waals surface area contributed by atoms with Crippen molar-refractivity contribution in [1.82, 2.24) is 0 Å². The van der Waals surface area contributed by atoms with E-state index in [1.165, 1.54) is 0 Å². The molecule has 0 N–H and O–H groups in total. The SMILES string of the molecule is COCOCOCOCOCC1CO1. The second kappa shape index (κ2) is 8.10. The number of rotatable bonds is 10. The molecule has 0 aromatic rings. The summed E-state index contributed by atoms with van der Waals surface area (Å²) in [5.74, 6) is 0. The summed E-state index contributed by atoms with van der Waals surface area (Å²) >= 11 is 0. The van der Waals surface area contributed by atoms with Crippen LogP contribution in [0.4, 0.5) is 0 Å². The van der Waals surface area contributed by atoms with Gasteiger partial charge in [-0.25, -0.2) is 0 Å². The van der Waals surface area contributed by atoms with Crippen molar-refractivity contribution >= 4 is 0 Å². The van der Waals surface area contributed by atoms with Gasteiger partial charge in [-0.1, -0.05) is 0 Å². The average molecular weight is 208 g/mol. The highest BCUT2D eigenvalue weighted by Crippen LogP contribution is 2.07. The van der Waals surface area contributed by atoms with Gasteiger partial charge in [-0.2, -0.15) is 0 Å². The molecule has 0 aromatic carbocycles. The van der Waals surface area contributed by atoms with Crippen molar-refractivity contribution in [2.75, 3.05) is 47.5 Å². The van der Waals surface area contributed by atoms with E-state index in [9.17, 15) is 0 Å². The maximum absolute atomic E-state index is 5.09. The molecule has 1 atom stereocenters. The lowest BCUT2D eigenvalue weighted by Gasteiger charge is -2.06. The summed E-state index contributed by atoms with van der Waals surface area (Å²) in [5, 5.41) is 0. The van der Waals surface area contributed by atoms with Crippen LogP contribution in [0.5, 0.6) is 0 Å². The first-order chi connectivity index (χ1) is 6.93. The quantitative estimate of drug-likeness (QED) is 0.284. The van der Waals surface area contributed by atoms with Crippen LogP contribution in [0.2, 0.25) is 0 Å². The second-order valence-electron chi connectivity index (χ2n) is 2.70. The van der Waals surface area contributed by atoms with Crippen molar-refractivity contribution in [2.24, 2.45) is 0 Å². The molecule has 14 heavy (non-hydrogen) atoms. The van der Waals surface area contributed by atoms with Crippen molar-refractivity contribution in [3.8, 4) is 0 Å². The molecular formula is C8H16O6. The minimum atomic E-state index is 0.148. The highest BCUT2D eigenvalue weighted by Gasteiger charge is 2.21. The van der Waals surface area contributed by atoms with E-state index >= 15 is 0 Å². The fourth-order valence-electron chi connectivity index (χ4n) is 0.706. The molecule has 6 heteroatoms. The zero-order valence-electron chi connectivity index (χ0n) is 8.27. The van der Waals surface area contributed by atoms with Gasteiger partial charge in [0.05, 0.1) is 13.2 Å². The Morgan fingerprint density at radius 2 is 1.57 bits per heavy atom. The van der Waals surface area contributed by atoms with E-state index in [1.54, 1.807) is 7.11 Å². The molecule has 0 amide bonds. The molecule has 1 rings (SSSR count). The summed E-state index contributed by atoms with van der Waals surface area (Å²) in [5.41, 5.74) is 0. The summed E-state index contributed by atoms with van der Waals surface area (Å²) in [6.45, 7) is 2.11. The Morgan fingerprint density at radius 1 is 1.00 bits per heavy atom. The van der Waals surface area contributed by atoms with Gasteiger partial charge in [0.1, 0.15) is 19.7 Å². The topological polar surface area (TPSA) is 58.7 Å². The summed E-state index contributed by atoms with van der Waals surface area (Å²) in [6.07, 6.45) is 0.268. The maximum atomic E-state index is 5.09. The van der Waals surface area contributed by atoms with E-state index < -0.39 is 0 Å². The van der Waals surface area contributed by atoms with E-state index in [0.717, 1.165) is 6.61 Å². The van der Waals surface area contributed by atoms with Gasteiger partial charge in [0, 0.05) is 7.11 Å². The highest BCUT2D eigenvalue weighted by atomic mass is 16.8. The molecule has 84 valence electrons. The summed E-state index contributed by atoms with van der Waals surface area (Å²) in [4.78, 5) is 0. The number of hydrogen-bond donors (Lipinski definition) is 0. The van der Waals surface area contributed by atoms with Crippen LogP contribution in [-0.4, -0.2) is 53.6 Å². The molecule has 1 fully saturated rings. The van der Waals surface area contributed by atoms with E-state index in [2.05, 4.69) is 4.74 Å². The number of hydrogen-bond acceptors (Lipinski definition) is 6. The molecule has 0 saturated carbocycles. The third-order valence-corrected chi connectivity index (χ3v) is 1.41. The molecule has 6 nitrogen and oxygen atoms in total. The number of methoxy groups -OCH3 is 1. The molecule has 1 unspecified atom stereocenters. The van der Waals surface area contributed by atoms with Crippen LogP contribution in [0.25, 0.3) is 0 Å². The van der Waals surface area contributed by atoms with Gasteiger partial charge >= 0.3 is 0 Å². The monoisotopic (exact) mass is 208 g/mol. The highest BCUT2D eigenvalue weighted by molar-refractivity contribution is 4.66.